The second kappa shape index (κ2) is 6.16. The lowest BCUT2D eigenvalue weighted by Crippen LogP contribution is -2.35. The molecular formula is C11H14F3N3O3S. The monoisotopic (exact) mass is 325 g/mol. The third-order valence-corrected chi connectivity index (χ3v) is 3.88. The van der Waals surface area contributed by atoms with Crippen molar-refractivity contribution in [2.45, 2.75) is 31.8 Å². The van der Waals surface area contributed by atoms with E-state index in [-0.39, 0.29) is 11.6 Å². The van der Waals surface area contributed by atoms with Crippen molar-refractivity contribution in [2.75, 3.05) is 18.5 Å². The molecule has 1 aliphatic heterocycles. The van der Waals surface area contributed by atoms with Crippen molar-refractivity contribution in [1.29, 1.82) is 0 Å². The number of aromatic nitrogens is 1. The lowest BCUT2D eigenvalue weighted by molar-refractivity contribution is -0.137. The molecule has 0 amide bonds. The zero-order valence-electron chi connectivity index (χ0n) is 11.0. The number of alkyl halides is 3. The summed E-state index contributed by atoms with van der Waals surface area (Å²) >= 11 is 0.323. The summed E-state index contributed by atoms with van der Waals surface area (Å²) in [6.45, 7) is 2.11. The lowest BCUT2D eigenvalue weighted by atomic mass is 10.2. The van der Waals surface area contributed by atoms with Gasteiger partial charge in [0.15, 0.2) is 5.69 Å². The smallest absolute Gasteiger partial charge is 0.443 e. The van der Waals surface area contributed by atoms with Crippen LogP contribution in [0.25, 0.3) is 0 Å². The van der Waals surface area contributed by atoms with Gasteiger partial charge in [-0.15, -0.1) is 0 Å². The number of carbonyl (C=O) groups is 1. The summed E-state index contributed by atoms with van der Waals surface area (Å²) in [5, 5.41) is 13.9. The summed E-state index contributed by atoms with van der Waals surface area (Å²) < 4.78 is 42.9. The quantitative estimate of drug-likeness (QED) is 0.727. The van der Waals surface area contributed by atoms with E-state index in [1.165, 1.54) is 0 Å². The fraction of sp³-hybridized carbons (Fsp3) is 0.636. The van der Waals surface area contributed by atoms with E-state index in [0.29, 0.717) is 24.3 Å². The third kappa shape index (κ3) is 3.63. The molecule has 2 rings (SSSR count). The van der Waals surface area contributed by atoms with Gasteiger partial charge in [0.2, 0.25) is 5.01 Å². The Morgan fingerprint density at radius 2 is 2.33 bits per heavy atom. The van der Waals surface area contributed by atoms with Gasteiger partial charge in [-0.3, -0.25) is 5.32 Å². The molecular weight excluding hydrogens is 311 g/mol. The van der Waals surface area contributed by atoms with Crippen LogP contribution in [0.5, 0.6) is 0 Å². The number of rotatable bonds is 4. The molecule has 1 fully saturated rings. The number of ether oxygens (including phenoxy) is 1. The number of hydrogen-bond acceptors (Lipinski definition) is 7. The van der Waals surface area contributed by atoms with Crippen molar-refractivity contribution in [2.24, 2.45) is 0 Å². The Labute approximate surface area is 122 Å². The number of halogens is 3. The molecule has 118 valence electrons. The molecule has 21 heavy (non-hydrogen) atoms. The fourth-order valence-electron chi connectivity index (χ4n) is 1.88. The van der Waals surface area contributed by atoms with E-state index in [9.17, 15) is 23.1 Å². The molecule has 0 saturated carbocycles. The number of carbonyl (C=O) groups excluding carboxylic acids is 1. The van der Waals surface area contributed by atoms with Crippen molar-refractivity contribution < 1.29 is 27.8 Å². The van der Waals surface area contributed by atoms with Gasteiger partial charge in [-0.05, 0) is 19.9 Å². The molecule has 2 atom stereocenters. The van der Waals surface area contributed by atoms with Gasteiger partial charge in [-0.2, -0.15) is 13.2 Å². The highest BCUT2D eigenvalue weighted by atomic mass is 32.1. The molecule has 1 aromatic rings. The van der Waals surface area contributed by atoms with E-state index in [1.54, 1.807) is 6.92 Å². The molecule has 0 spiro atoms. The van der Waals surface area contributed by atoms with E-state index in [1.807, 2.05) is 0 Å². The average Bonchev–Trinajstić information content (AvgIpc) is 2.97. The summed E-state index contributed by atoms with van der Waals surface area (Å²) in [7, 11) is 0. The maximum absolute atomic E-state index is 12.7. The molecule has 1 aromatic heterocycles. The number of anilines is 1. The van der Waals surface area contributed by atoms with Crippen LogP contribution in [-0.4, -0.2) is 41.5 Å². The largest absolute Gasteiger partial charge is 0.461 e. The van der Waals surface area contributed by atoms with Crippen molar-refractivity contribution in [3.05, 3.63) is 10.7 Å². The molecule has 0 radical (unpaired) electrons. The number of nitrogens with one attached hydrogen (secondary N) is 2. The lowest BCUT2D eigenvalue weighted by Gasteiger charge is -2.16. The van der Waals surface area contributed by atoms with Gasteiger partial charge >= 0.3 is 12.1 Å². The van der Waals surface area contributed by atoms with Crippen molar-refractivity contribution in [1.82, 2.24) is 10.3 Å². The molecule has 0 aromatic carbocycles. The predicted molar refractivity (Wildman–Crippen MR) is 69.1 cm³/mol. The molecule has 3 N–H and O–H groups in total. The van der Waals surface area contributed by atoms with E-state index < -0.39 is 35.1 Å². The van der Waals surface area contributed by atoms with E-state index in [4.69, 9.17) is 4.74 Å². The molecule has 0 aliphatic carbocycles. The van der Waals surface area contributed by atoms with Crippen LogP contribution in [0.4, 0.5) is 18.2 Å². The van der Waals surface area contributed by atoms with Gasteiger partial charge in [0.05, 0.1) is 12.6 Å². The van der Waals surface area contributed by atoms with E-state index in [2.05, 4.69) is 15.6 Å². The minimum absolute atomic E-state index is 0.0325. The summed E-state index contributed by atoms with van der Waals surface area (Å²) in [4.78, 5) is 15.0. The standard InChI is InChI=1S/C11H14F3N3O3S/c1-2-20-9(19)6-8(16-5-3-4-15-7(5)18)21-10(17-6)11(12,13)14/h5,7,15-16,18H,2-4H2,1H3/t5-,7-/m1/s1. The number of nitrogens with zero attached hydrogens (tertiary/aromatic N) is 1. The van der Waals surface area contributed by atoms with Crippen LogP contribution in [0, 0.1) is 0 Å². The Kier molecular flexibility index (Phi) is 4.69. The van der Waals surface area contributed by atoms with Crippen LogP contribution in [0.3, 0.4) is 0 Å². The number of aliphatic hydroxyl groups excluding tert-OH is 1. The average molecular weight is 325 g/mol. The fourth-order valence-corrected chi connectivity index (χ4v) is 2.77. The third-order valence-electron chi connectivity index (χ3n) is 2.84. The Morgan fingerprint density at radius 1 is 1.62 bits per heavy atom. The molecule has 6 nitrogen and oxygen atoms in total. The zero-order valence-corrected chi connectivity index (χ0v) is 11.8. The number of esters is 1. The van der Waals surface area contributed by atoms with Crippen LogP contribution in [0.15, 0.2) is 0 Å². The number of aliphatic hydroxyl groups is 1. The molecule has 2 heterocycles. The van der Waals surface area contributed by atoms with E-state index >= 15 is 0 Å². The molecule has 1 aliphatic rings. The van der Waals surface area contributed by atoms with Crippen LogP contribution in [0.2, 0.25) is 0 Å². The second-order valence-corrected chi connectivity index (χ2v) is 5.35. The van der Waals surface area contributed by atoms with Crippen LogP contribution < -0.4 is 10.6 Å². The summed E-state index contributed by atoms with van der Waals surface area (Å²) in [5.41, 5.74) is -0.409. The van der Waals surface area contributed by atoms with Gasteiger partial charge in [0.1, 0.15) is 11.2 Å². The van der Waals surface area contributed by atoms with Gasteiger partial charge in [-0.1, -0.05) is 11.3 Å². The van der Waals surface area contributed by atoms with Crippen LogP contribution in [-0.2, 0) is 10.9 Å². The van der Waals surface area contributed by atoms with Crippen molar-refractivity contribution in [3.63, 3.8) is 0 Å². The highest BCUT2D eigenvalue weighted by Crippen LogP contribution is 2.37. The Balaban J connectivity index is 2.28. The molecule has 1 saturated heterocycles. The van der Waals surface area contributed by atoms with Crippen molar-refractivity contribution in [3.8, 4) is 0 Å². The van der Waals surface area contributed by atoms with Gasteiger partial charge in [-0.25, -0.2) is 9.78 Å². The highest BCUT2D eigenvalue weighted by Gasteiger charge is 2.38. The summed E-state index contributed by atoms with van der Waals surface area (Å²) in [6.07, 6.45) is -5.02. The Hall–Kier alpha value is -1.39. The maximum Gasteiger partial charge on any atom is 0.443 e. The molecule has 0 unspecified atom stereocenters. The van der Waals surface area contributed by atoms with Gasteiger partial charge in [0.25, 0.3) is 0 Å². The predicted octanol–water partition coefficient (Wildman–Crippen LogP) is 1.43. The van der Waals surface area contributed by atoms with Crippen molar-refractivity contribution >= 4 is 22.3 Å². The topological polar surface area (TPSA) is 83.5 Å². The first-order valence-corrected chi connectivity index (χ1v) is 7.07. The second-order valence-electron chi connectivity index (χ2n) is 4.35. The molecule has 0 bridgehead atoms. The van der Waals surface area contributed by atoms with Gasteiger partial charge in [0, 0.05) is 0 Å². The number of thiazole rings is 1. The minimum Gasteiger partial charge on any atom is -0.461 e. The minimum atomic E-state index is -4.64. The first-order chi connectivity index (χ1) is 9.82. The molecule has 10 heteroatoms. The first-order valence-electron chi connectivity index (χ1n) is 6.26. The zero-order chi connectivity index (χ0) is 15.6. The SMILES string of the molecule is CCOC(=O)c1nc(C(F)(F)F)sc1N[C@@H]1CCN[C@@H]1O. The highest BCUT2D eigenvalue weighted by molar-refractivity contribution is 7.16. The van der Waals surface area contributed by atoms with E-state index in [0.717, 1.165) is 0 Å². The van der Waals surface area contributed by atoms with Gasteiger partial charge < -0.3 is 15.2 Å². The van der Waals surface area contributed by atoms with Crippen LogP contribution >= 0.6 is 11.3 Å². The Bertz CT molecular complexity index is 521. The Morgan fingerprint density at radius 3 is 2.86 bits per heavy atom. The number of hydrogen-bond donors (Lipinski definition) is 3. The normalized spacial score (nSPS) is 22.3. The van der Waals surface area contributed by atoms with Crippen LogP contribution in [0.1, 0.15) is 28.8 Å². The summed E-state index contributed by atoms with van der Waals surface area (Å²) in [6, 6.07) is -0.486. The maximum atomic E-state index is 12.7. The summed E-state index contributed by atoms with van der Waals surface area (Å²) in [5.74, 6) is -0.924. The first kappa shape index (κ1) is 16.0.